The molecule has 2 aromatic carbocycles. The Labute approximate surface area is 124 Å². The third-order valence-electron chi connectivity index (χ3n) is 3.56. The molecule has 100 valence electrons. The van der Waals surface area contributed by atoms with E-state index in [2.05, 4.69) is 78.4 Å². The number of benzene rings is 2. The molecule has 0 saturated heterocycles. The average Bonchev–Trinajstić information content (AvgIpc) is 2.40. The van der Waals surface area contributed by atoms with Gasteiger partial charge >= 0.3 is 0 Å². The van der Waals surface area contributed by atoms with Gasteiger partial charge in [-0.05, 0) is 49.1 Å². The van der Waals surface area contributed by atoms with Gasteiger partial charge in [0.15, 0.2) is 0 Å². The van der Waals surface area contributed by atoms with E-state index in [1.807, 2.05) is 6.07 Å². The molecule has 0 aliphatic carbocycles. The molecule has 0 amide bonds. The van der Waals surface area contributed by atoms with Gasteiger partial charge in [-0.2, -0.15) is 0 Å². The predicted octanol–water partition coefficient (Wildman–Crippen LogP) is 4.92. The van der Waals surface area contributed by atoms with Gasteiger partial charge in [-0.3, -0.25) is 0 Å². The number of halogens is 1. The van der Waals surface area contributed by atoms with Crippen molar-refractivity contribution in [3.8, 4) is 0 Å². The lowest BCUT2D eigenvalue weighted by atomic mass is 10.1. The minimum absolute atomic E-state index is 0.331. The van der Waals surface area contributed by atoms with Crippen LogP contribution < -0.4 is 5.32 Å². The highest BCUT2D eigenvalue weighted by molar-refractivity contribution is 9.10. The lowest BCUT2D eigenvalue weighted by Crippen LogP contribution is -2.18. The van der Waals surface area contributed by atoms with Crippen LogP contribution in [0.25, 0.3) is 0 Å². The Morgan fingerprint density at radius 1 is 1.05 bits per heavy atom. The van der Waals surface area contributed by atoms with Crippen LogP contribution in [0.3, 0.4) is 0 Å². The summed E-state index contributed by atoms with van der Waals surface area (Å²) < 4.78 is 1.16. The summed E-state index contributed by atoms with van der Waals surface area (Å²) in [4.78, 5) is 0. The number of nitrogens with one attached hydrogen (secondary N) is 1. The van der Waals surface area contributed by atoms with Gasteiger partial charge < -0.3 is 5.32 Å². The molecular weight excluding hydrogens is 298 g/mol. The van der Waals surface area contributed by atoms with Gasteiger partial charge in [0.2, 0.25) is 0 Å². The van der Waals surface area contributed by atoms with Crippen molar-refractivity contribution in [1.29, 1.82) is 0 Å². The lowest BCUT2D eigenvalue weighted by molar-refractivity contribution is 0.572. The van der Waals surface area contributed by atoms with Gasteiger partial charge in [-0.1, -0.05) is 52.3 Å². The molecule has 2 heteroatoms. The average molecular weight is 318 g/mol. The molecule has 0 aromatic heterocycles. The molecule has 0 aliphatic rings. The zero-order chi connectivity index (χ0) is 13.8. The SMILES string of the molecule is Cc1ccc(CNC(C)c2ccccc2Br)cc1C. The Balaban J connectivity index is 2.02. The molecule has 0 bridgehead atoms. The molecule has 0 saturated carbocycles. The van der Waals surface area contributed by atoms with E-state index < -0.39 is 0 Å². The van der Waals surface area contributed by atoms with Crippen LogP contribution in [0.15, 0.2) is 46.9 Å². The number of hydrogen-bond donors (Lipinski definition) is 1. The summed E-state index contributed by atoms with van der Waals surface area (Å²) in [7, 11) is 0. The third kappa shape index (κ3) is 3.68. The Morgan fingerprint density at radius 2 is 1.79 bits per heavy atom. The fraction of sp³-hybridized carbons (Fsp3) is 0.294. The van der Waals surface area contributed by atoms with Crippen molar-refractivity contribution >= 4 is 15.9 Å². The first kappa shape index (κ1) is 14.3. The van der Waals surface area contributed by atoms with Gasteiger partial charge in [0, 0.05) is 17.1 Å². The van der Waals surface area contributed by atoms with Crippen molar-refractivity contribution in [3.63, 3.8) is 0 Å². The molecule has 1 unspecified atom stereocenters. The molecule has 2 rings (SSSR count). The summed E-state index contributed by atoms with van der Waals surface area (Å²) in [6.45, 7) is 7.40. The molecule has 19 heavy (non-hydrogen) atoms. The molecule has 2 aromatic rings. The maximum atomic E-state index is 3.60. The Morgan fingerprint density at radius 3 is 2.47 bits per heavy atom. The van der Waals surface area contributed by atoms with E-state index in [9.17, 15) is 0 Å². The maximum Gasteiger partial charge on any atom is 0.0306 e. The first-order chi connectivity index (χ1) is 9.08. The highest BCUT2D eigenvalue weighted by Crippen LogP contribution is 2.23. The second-order valence-electron chi connectivity index (χ2n) is 5.04. The first-order valence-corrected chi connectivity index (χ1v) is 7.41. The van der Waals surface area contributed by atoms with Crippen LogP contribution in [0, 0.1) is 13.8 Å². The molecule has 1 nitrogen and oxygen atoms in total. The molecule has 1 N–H and O–H groups in total. The molecule has 0 radical (unpaired) electrons. The van der Waals surface area contributed by atoms with Crippen LogP contribution >= 0.6 is 15.9 Å². The van der Waals surface area contributed by atoms with E-state index >= 15 is 0 Å². The molecule has 0 heterocycles. The fourth-order valence-corrected chi connectivity index (χ4v) is 2.75. The van der Waals surface area contributed by atoms with Crippen molar-refractivity contribution in [2.75, 3.05) is 0 Å². The van der Waals surface area contributed by atoms with Gasteiger partial charge in [-0.25, -0.2) is 0 Å². The monoisotopic (exact) mass is 317 g/mol. The van der Waals surface area contributed by atoms with Crippen molar-refractivity contribution in [2.45, 2.75) is 33.4 Å². The standard InChI is InChI=1S/C17H20BrN/c1-12-8-9-15(10-13(12)2)11-19-14(3)16-6-4-5-7-17(16)18/h4-10,14,19H,11H2,1-3H3. The topological polar surface area (TPSA) is 12.0 Å². The molecule has 0 fully saturated rings. The molecular formula is C17H20BrN. The molecule has 1 atom stereocenters. The summed E-state index contributed by atoms with van der Waals surface area (Å²) >= 11 is 3.60. The first-order valence-electron chi connectivity index (χ1n) is 6.62. The Bertz CT molecular complexity index is 563. The summed E-state index contributed by atoms with van der Waals surface area (Å²) in [5, 5.41) is 3.57. The van der Waals surface area contributed by atoms with Crippen molar-refractivity contribution in [2.24, 2.45) is 0 Å². The zero-order valence-electron chi connectivity index (χ0n) is 11.7. The van der Waals surface area contributed by atoms with Crippen molar-refractivity contribution < 1.29 is 0 Å². The Hall–Kier alpha value is -1.12. The lowest BCUT2D eigenvalue weighted by Gasteiger charge is -2.16. The number of rotatable bonds is 4. The highest BCUT2D eigenvalue weighted by Gasteiger charge is 2.08. The fourth-order valence-electron chi connectivity index (χ4n) is 2.12. The normalized spacial score (nSPS) is 12.4. The summed E-state index contributed by atoms with van der Waals surface area (Å²) in [6, 6.07) is 15.3. The van der Waals surface area contributed by atoms with E-state index in [1.165, 1.54) is 22.3 Å². The smallest absolute Gasteiger partial charge is 0.0306 e. The summed E-state index contributed by atoms with van der Waals surface area (Å²) in [6.07, 6.45) is 0. The quantitative estimate of drug-likeness (QED) is 0.844. The van der Waals surface area contributed by atoms with Crippen LogP contribution in [0.5, 0.6) is 0 Å². The van der Waals surface area contributed by atoms with Crippen LogP contribution in [0.1, 0.15) is 35.2 Å². The van der Waals surface area contributed by atoms with Crippen molar-refractivity contribution in [1.82, 2.24) is 5.32 Å². The van der Waals surface area contributed by atoms with Crippen LogP contribution in [0.2, 0.25) is 0 Å². The van der Waals surface area contributed by atoms with Crippen LogP contribution in [0.4, 0.5) is 0 Å². The van der Waals surface area contributed by atoms with E-state index in [0.29, 0.717) is 6.04 Å². The zero-order valence-corrected chi connectivity index (χ0v) is 13.3. The minimum atomic E-state index is 0.331. The number of hydrogen-bond acceptors (Lipinski definition) is 1. The number of aryl methyl sites for hydroxylation is 2. The summed E-state index contributed by atoms with van der Waals surface area (Å²) in [5.41, 5.74) is 5.34. The maximum absolute atomic E-state index is 3.60. The van der Waals surface area contributed by atoms with E-state index in [-0.39, 0.29) is 0 Å². The highest BCUT2D eigenvalue weighted by atomic mass is 79.9. The van der Waals surface area contributed by atoms with Crippen LogP contribution in [-0.2, 0) is 6.54 Å². The summed E-state index contributed by atoms with van der Waals surface area (Å²) in [5.74, 6) is 0. The largest absolute Gasteiger partial charge is 0.306 e. The van der Waals surface area contributed by atoms with Gasteiger partial charge in [-0.15, -0.1) is 0 Å². The molecule has 0 aliphatic heterocycles. The predicted molar refractivity (Wildman–Crippen MR) is 85.3 cm³/mol. The van der Waals surface area contributed by atoms with E-state index in [1.54, 1.807) is 0 Å². The van der Waals surface area contributed by atoms with Crippen LogP contribution in [-0.4, -0.2) is 0 Å². The minimum Gasteiger partial charge on any atom is -0.306 e. The third-order valence-corrected chi connectivity index (χ3v) is 4.28. The van der Waals surface area contributed by atoms with Crippen molar-refractivity contribution in [3.05, 3.63) is 69.2 Å². The van der Waals surface area contributed by atoms with Gasteiger partial charge in [0.05, 0.1) is 0 Å². The molecule has 0 spiro atoms. The second kappa shape index (κ2) is 6.36. The second-order valence-corrected chi connectivity index (χ2v) is 5.90. The van der Waals surface area contributed by atoms with Gasteiger partial charge in [0.1, 0.15) is 0 Å². The van der Waals surface area contributed by atoms with Gasteiger partial charge in [0.25, 0.3) is 0 Å². The van der Waals surface area contributed by atoms with E-state index in [4.69, 9.17) is 0 Å². The van der Waals surface area contributed by atoms with E-state index in [0.717, 1.165) is 11.0 Å². The Kier molecular flexibility index (Phi) is 4.78.